The first-order chi connectivity index (χ1) is 10.6. The van der Waals surface area contributed by atoms with Gasteiger partial charge >= 0.3 is 0 Å². The largest absolute Gasteiger partial charge is 0.350 e. The van der Waals surface area contributed by atoms with Crippen LogP contribution in [0, 0.1) is 13.8 Å². The van der Waals surface area contributed by atoms with Gasteiger partial charge in [-0.2, -0.15) is 5.10 Å². The quantitative estimate of drug-likeness (QED) is 0.803. The van der Waals surface area contributed by atoms with Gasteiger partial charge in [0, 0.05) is 36.6 Å². The molecular formula is C17H20N4O. The zero-order valence-corrected chi connectivity index (χ0v) is 13.1. The highest BCUT2D eigenvalue weighted by Crippen LogP contribution is 2.15. The molecular weight excluding hydrogens is 276 g/mol. The molecule has 5 nitrogen and oxygen atoms in total. The molecule has 0 unspecified atom stereocenters. The van der Waals surface area contributed by atoms with Crippen LogP contribution < -0.4 is 5.32 Å². The van der Waals surface area contributed by atoms with Crippen molar-refractivity contribution in [3.63, 3.8) is 0 Å². The van der Waals surface area contributed by atoms with Crippen molar-refractivity contribution in [3.8, 4) is 0 Å². The van der Waals surface area contributed by atoms with Gasteiger partial charge in [-0.3, -0.25) is 9.48 Å². The van der Waals surface area contributed by atoms with Crippen molar-refractivity contribution >= 4 is 16.8 Å². The summed E-state index contributed by atoms with van der Waals surface area (Å²) in [4.78, 5) is 12.2. The van der Waals surface area contributed by atoms with E-state index in [0.29, 0.717) is 13.1 Å². The number of rotatable bonds is 4. The zero-order valence-electron chi connectivity index (χ0n) is 13.1. The van der Waals surface area contributed by atoms with Crippen LogP contribution in [0.2, 0.25) is 0 Å². The number of hydrogen-bond acceptors (Lipinski definition) is 2. The van der Waals surface area contributed by atoms with Crippen LogP contribution in [-0.4, -0.2) is 20.3 Å². The minimum atomic E-state index is 0.00371. The summed E-state index contributed by atoms with van der Waals surface area (Å²) < 4.78 is 3.81. The van der Waals surface area contributed by atoms with Gasteiger partial charge in [0.2, 0.25) is 5.91 Å². The van der Waals surface area contributed by atoms with Gasteiger partial charge in [0.25, 0.3) is 0 Å². The lowest BCUT2D eigenvalue weighted by molar-refractivity contribution is -0.121. The lowest BCUT2D eigenvalue weighted by Gasteiger charge is -2.08. The molecule has 0 saturated carbocycles. The molecule has 1 amide bonds. The minimum Gasteiger partial charge on any atom is -0.350 e. The fourth-order valence-corrected chi connectivity index (χ4v) is 2.75. The van der Waals surface area contributed by atoms with Crippen molar-refractivity contribution < 1.29 is 4.79 Å². The first-order valence-electron chi connectivity index (χ1n) is 7.36. The number of benzene rings is 1. The molecule has 0 aliphatic carbocycles. The predicted octanol–water partition coefficient (Wildman–Crippen LogP) is 2.31. The molecule has 0 fully saturated rings. The Labute approximate surface area is 129 Å². The molecule has 2 heterocycles. The van der Waals surface area contributed by atoms with Crippen LogP contribution in [0.3, 0.4) is 0 Å². The van der Waals surface area contributed by atoms with E-state index in [9.17, 15) is 4.79 Å². The van der Waals surface area contributed by atoms with E-state index in [1.54, 1.807) is 0 Å². The van der Waals surface area contributed by atoms with Crippen LogP contribution >= 0.6 is 0 Å². The van der Waals surface area contributed by atoms with Crippen molar-refractivity contribution in [2.45, 2.75) is 26.9 Å². The molecule has 0 aliphatic heterocycles. The van der Waals surface area contributed by atoms with Gasteiger partial charge in [0.05, 0.1) is 5.69 Å². The van der Waals surface area contributed by atoms with Gasteiger partial charge in [-0.1, -0.05) is 18.2 Å². The number of amides is 1. The van der Waals surface area contributed by atoms with Crippen LogP contribution in [0.25, 0.3) is 10.9 Å². The van der Waals surface area contributed by atoms with Crippen molar-refractivity contribution in [2.24, 2.45) is 7.05 Å². The third-order valence-corrected chi connectivity index (χ3v) is 4.12. The summed E-state index contributed by atoms with van der Waals surface area (Å²) in [6.07, 6.45) is 1.95. The number of para-hydroxylation sites is 1. The van der Waals surface area contributed by atoms with Crippen molar-refractivity contribution in [1.29, 1.82) is 0 Å². The number of aryl methyl sites for hydroxylation is 2. The van der Waals surface area contributed by atoms with Gasteiger partial charge in [-0.05, 0) is 31.4 Å². The van der Waals surface area contributed by atoms with Gasteiger partial charge < -0.3 is 9.88 Å². The highest BCUT2D eigenvalue weighted by molar-refractivity contribution is 5.83. The maximum absolute atomic E-state index is 12.2. The van der Waals surface area contributed by atoms with E-state index >= 15 is 0 Å². The van der Waals surface area contributed by atoms with E-state index < -0.39 is 0 Å². The molecule has 0 saturated heterocycles. The Morgan fingerprint density at radius 3 is 2.73 bits per heavy atom. The lowest BCUT2D eigenvalue weighted by atomic mass is 10.2. The van der Waals surface area contributed by atoms with Gasteiger partial charge in [-0.25, -0.2) is 0 Å². The van der Waals surface area contributed by atoms with Crippen molar-refractivity contribution in [3.05, 3.63) is 53.5 Å². The first-order valence-corrected chi connectivity index (χ1v) is 7.36. The van der Waals surface area contributed by atoms with Crippen molar-refractivity contribution in [1.82, 2.24) is 19.7 Å². The molecule has 2 aromatic heterocycles. The minimum absolute atomic E-state index is 0.00371. The van der Waals surface area contributed by atoms with Crippen LogP contribution in [-0.2, 0) is 24.9 Å². The Balaban J connectivity index is 1.68. The number of fused-ring (bicyclic) bond motifs is 1. The van der Waals surface area contributed by atoms with E-state index in [2.05, 4.69) is 10.4 Å². The normalized spacial score (nSPS) is 11.0. The Morgan fingerprint density at radius 2 is 2.00 bits per heavy atom. The molecule has 0 bridgehead atoms. The molecule has 0 aliphatic rings. The second-order valence-electron chi connectivity index (χ2n) is 5.55. The van der Waals surface area contributed by atoms with E-state index in [4.69, 9.17) is 0 Å². The van der Waals surface area contributed by atoms with E-state index in [1.165, 1.54) is 0 Å². The summed E-state index contributed by atoms with van der Waals surface area (Å²) in [6, 6.07) is 10.1. The number of hydrogen-bond donors (Lipinski definition) is 1. The lowest BCUT2D eigenvalue weighted by Crippen LogP contribution is -2.27. The highest BCUT2D eigenvalue weighted by atomic mass is 16.1. The molecule has 0 atom stereocenters. The molecule has 114 valence electrons. The fraction of sp³-hybridized carbons (Fsp3) is 0.294. The van der Waals surface area contributed by atoms with E-state index in [0.717, 1.165) is 27.9 Å². The average Bonchev–Trinajstić information content (AvgIpc) is 3.00. The Morgan fingerprint density at radius 1 is 1.23 bits per heavy atom. The molecule has 3 aromatic rings. The average molecular weight is 296 g/mol. The summed E-state index contributed by atoms with van der Waals surface area (Å²) in [5, 5.41) is 8.50. The first kappa shape index (κ1) is 14.4. The molecule has 0 radical (unpaired) electrons. The summed E-state index contributed by atoms with van der Waals surface area (Å²) in [5.41, 5.74) is 4.22. The SMILES string of the molecule is Cc1nn(C)c(C)c1CNC(=O)Cn1ccc2ccccc21. The fourth-order valence-electron chi connectivity index (χ4n) is 2.75. The molecule has 5 heteroatoms. The Hall–Kier alpha value is -2.56. The Bertz CT molecular complexity index is 828. The van der Waals surface area contributed by atoms with Crippen LogP contribution in [0.15, 0.2) is 36.5 Å². The third-order valence-electron chi connectivity index (χ3n) is 4.12. The van der Waals surface area contributed by atoms with Crippen LogP contribution in [0.1, 0.15) is 17.0 Å². The second-order valence-corrected chi connectivity index (χ2v) is 5.55. The number of nitrogens with one attached hydrogen (secondary N) is 1. The maximum atomic E-state index is 12.2. The van der Waals surface area contributed by atoms with Gasteiger partial charge in [0.1, 0.15) is 6.54 Å². The maximum Gasteiger partial charge on any atom is 0.240 e. The summed E-state index contributed by atoms with van der Waals surface area (Å²) in [7, 11) is 1.92. The standard InChI is InChI=1S/C17H20N4O/c1-12-15(13(2)20(3)19-12)10-18-17(22)11-21-9-8-14-6-4-5-7-16(14)21/h4-9H,10-11H2,1-3H3,(H,18,22). The van der Waals surface area contributed by atoms with Gasteiger partial charge in [0.15, 0.2) is 0 Å². The molecule has 3 rings (SSSR count). The molecule has 22 heavy (non-hydrogen) atoms. The van der Waals surface area contributed by atoms with Crippen molar-refractivity contribution in [2.75, 3.05) is 0 Å². The topological polar surface area (TPSA) is 51.9 Å². The number of nitrogens with zero attached hydrogens (tertiary/aromatic N) is 3. The highest BCUT2D eigenvalue weighted by Gasteiger charge is 2.11. The molecule has 1 aromatic carbocycles. The van der Waals surface area contributed by atoms with Crippen LogP contribution in [0.5, 0.6) is 0 Å². The number of carbonyl (C=O) groups excluding carboxylic acids is 1. The number of aromatic nitrogens is 3. The third kappa shape index (κ3) is 2.62. The van der Waals surface area contributed by atoms with Crippen LogP contribution in [0.4, 0.5) is 0 Å². The molecule has 0 spiro atoms. The summed E-state index contributed by atoms with van der Waals surface area (Å²) >= 11 is 0. The van der Waals surface area contributed by atoms with Gasteiger partial charge in [-0.15, -0.1) is 0 Å². The molecule has 1 N–H and O–H groups in total. The smallest absolute Gasteiger partial charge is 0.240 e. The predicted molar refractivity (Wildman–Crippen MR) is 86.5 cm³/mol. The zero-order chi connectivity index (χ0) is 15.7. The monoisotopic (exact) mass is 296 g/mol. The summed E-state index contributed by atoms with van der Waals surface area (Å²) in [5.74, 6) is 0.00371. The Kier molecular flexibility index (Phi) is 3.71. The van der Waals surface area contributed by atoms with E-state index in [-0.39, 0.29) is 5.91 Å². The second kappa shape index (κ2) is 5.67. The summed E-state index contributed by atoms with van der Waals surface area (Å²) in [6.45, 7) is 4.82. The van der Waals surface area contributed by atoms with E-state index in [1.807, 2.05) is 66.7 Å². The number of carbonyl (C=O) groups is 1.